The lowest BCUT2D eigenvalue weighted by molar-refractivity contribution is 0.0145. The van der Waals surface area contributed by atoms with Gasteiger partial charge in [0.05, 0.1) is 5.60 Å². The Labute approximate surface area is 101 Å². The van der Waals surface area contributed by atoms with E-state index in [0.717, 1.165) is 24.9 Å². The molecule has 0 aromatic heterocycles. The fourth-order valence-electron chi connectivity index (χ4n) is 2.63. The van der Waals surface area contributed by atoms with Gasteiger partial charge in [0, 0.05) is 13.2 Å². The molecule has 0 bridgehead atoms. The van der Waals surface area contributed by atoms with Gasteiger partial charge in [-0.3, -0.25) is 0 Å². The topological polar surface area (TPSA) is 21.3 Å². The van der Waals surface area contributed by atoms with Crippen molar-refractivity contribution >= 4 is 0 Å². The highest BCUT2D eigenvalue weighted by atomic mass is 16.5. The molecular weight excluding hydrogens is 198 g/mol. The quantitative estimate of drug-likeness (QED) is 0.751. The second-order valence-electron chi connectivity index (χ2n) is 5.73. The number of hydrogen-bond acceptors (Lipinski definition) is 2. The average Bonchev–Trinajstić information content (AvgIpc) is 2.29. The molecule has 0 spiro atoms. The summed E-state index contributed by atoms with van der Waals surface area (Å²) in [4.78, 5) is 0. The van der Waals surface area contributed by atoms with E-state index in [1.165, 1.54) is 32.1 Å². The van der Waals surface area contributed by atoms with Crippen LogP contribution in [0.1, 0.15) is 59.3 Å². The molecule has 0 amide bonds. The third-order valence-corrected chi connectivity index (χ3v) is 4.12. The van der Waals surface area contributed by atoms with Crippen LogP contribution in [-0.4, -0.2) is 25.3 Å². The third kappa shape index (κ3) is 4.42. The van der Waals surface area contributed by atoms with Crippen LogP contribution in [0.15, 0.2) is 0 Å². The summed E-state index contributed by atoms with van der Waals surface area (Å²) in [5.41, 5.74) is 0.0172. The second-order valence-corrected chi connectivity index (χ2v) is 5.73. The Morgan fingerprint density at radius 1 is 1.25 bits per heavy atom. The van der Waals surface area contributed by atoms with E-state index in [1.54, 1.807) is 7.11 Å². The monoisotopic (exact) mass is 227 g/mol. The summed E-state index contributed by atoms with van der Waals surface area (Å²) in [5, 5.41) is 3.73. The Morgan fingerprint density at radius 3 is 2.56 bits per heavy atom. The second kappa shape index (κ2) is 6.61. The van der Waals surface area contributed by atoms with Crippen LogP contribution < -0.4 is 5.32 Å². The van der Waals surface area contributed by atoms with Crippen LogP contribution in [0.2, 0.25) is 0 Å². The number of methoxy groups -OCH3 is 1. The molecule has 1 N–H and O–H groups in total. The molecule has 0 aromatic carbocycles. The standard InChI is InChI=1S/C14H29NO/c1-5-12-8-6-7-9-13(12)15-11-10-14(2,3)16-4/h12-13,15H,5-11H2,1-4H3. The minimum atomic E-state index is 0.0172. The predicted octanol–water partition coefficient (Wildman–Crippen LogP) is 3.36. The van der Waals surface area contributed by atoms with E-state index < -0.39 is 0 Å². The molecule has 0 saturated heterocycles. The van der Waals surface area contributed by atoms with E-state index in [4.69, 9.17) is 4.74 Å². The fourth-order valence-corrected chi connectivity index (χ4v) is 2.63. The molecule has 2 atom stereocenters. The van der Waals surface area contributed by atoms with E-state index in [0.29, 0.717) is 0 Å². The zero-order chi connectivity index (χ0) is 12.0. The average molecular weight is 227 g/mol. The van der Waals surface area contributed by atoms with Crippen LogP contribution >= 0.6 is 0 Å². The normalized spacial score (nSPS) is 27.0. The summed E-state index contributed by atoms with van der Waals surface area (Å²) in [6.45, 7) is 7.73. The van der Waals surface area contributed by atoms with Crippen molar-refractivity contribution in [3.05, 3.63) is 0 Å². The van der Waals surface area contributed by atoms with Gasteiger partial charge >= 0.3 is 0 Å². The van der Waals surface area contributed by atoms with Gasteiger partial charge in [-0.15, -0.1) is 0 Å². The van der Waals surface area contributed by atoms with Crippen LogP contribution in [0.4, 0.5) is 0 Å². The maximum absolute atomic E-state index is 5.44. The molecule has 0 heterocycles. The molecule has 2 unspecified atom stereocenters. The van der Waals surface area contributed by atoms with Gasteiger partial charge in [-0.1, -0.05) is 26.2 Å². The lowest BCUT2D eigenvalue weighted by atomic mass is 9.83. The summed E-state index contributed by atoms with van der Waals surface area (Å²) in [5.74, 6) is 0.902. The van der Waals surface area contributed by atoms with Crippen molar-refractivity contribution in [3.63, 3.8) is 0 Å². The maximum Gasteiger partial charge on any atom is 0.0634 e. The van der Waals surface area contributed by atoms with Crippen molar-refractivity contribution in [2.75, 3.05) is 13.7 Å². The highest BCUT2D eigenvalue weighted by Gasteiger charge is 2.24. The van der Waals surface area contributed by atoms with Crippen molar-refractivity contribution in [1.29, 1.82) is 0 Å². The van der Waals surface area contributed by atoms with Gasteiger partial charge in [0.15, 0.2) is 0 Å². The summed E-state index contributed by atoms with van der Waals surface area (Å²) in [6.07, 6.45) is 8.04. The van der Waals surface area contributed by atoms with Crippen LogP contribution in [0.3, 0.4) is 0 Å². The van der Waals surface area contributed by atoms with Crippen LogP contribution in [-0.2, 0) is 4.74 Å². The minimum Gasteiger partial charge on any atom is -0.379 e. The zero-order valence-electron chi connectivity index (χ0n) is 11.5. The Hall–Kier alpha value is -0.0800. The molecule has 0 aliphatic heterocycles. The fraction of sp³-hybridized carbons (Fsp3) is 1.00. The number of hydrogen-bond donors (Lipinski definition) is 1. The predicted molar refractivity (Wildman–Crippen MR) is 69.7 cm³/mol. The number of ether oxygens (including phenoxy) is 1. The molecule has 1 aliphatic rings. The lowest BCUT2D eigenvalue weighted by Gasteiger charge is -2.33. The maximum atomic E-state index is 5.44. The summed E-state index contributed by atoms with van der Waals surface area (Å²) in [6, 6.07) is 0.756. The van der Waals surface area contributed by atoms with Crippen molar-refractivity contribution in [2.45, 2.75) is 70.9 Å². The SMILES string of the molecule is CCC1CCCCC1NCCC(C)(C)OC. The van der Waals surface area contributed by atoms with E-state index in [1.807, 2.05) is 0 Å². The van der Waals surface area contributed by atoms with Crippen molar-refractivity contribution in [3.8, 4) is 0 Å². The van der Waals surface area contributed by atoms with Crippen molar-refractivity contribution < 1.29 is 4.74 Å². The molecule has 0 radical (unpaired) electrons. The summed E-state index contributed by atoms with van der Waals surface area (Å²) < 4.78 is 5.44. The van der Waals surface area contributed by atoms with Crippen molar-refractivity contribution in [1.82, 2.24) is 5.32 Å². The molecule has 0 aromatic rings. The number of nitrogens with one attached hydrogen (secondary N) is 1. The minimum absolute atomic E-state index is 0.0172. The first-order chi connectivity index (χ1) is 7.59. The van der Waals surface area contributed by atoms with Gasteiger partial charge < -0.3 is 10.1 Å². The molecule has 16 heavy (non-hydrogen) atoms. The Kier molecular flexibility index (Phi) is 5.77. The smallest absolute Gasteiger partial charge is 0.0634 e. The van der Waals surface area contributed by atoms with E-state index in [-0.39, 0.29) is 5.60 Å². The Balaban J connectivity index is 2.25. The third-order valence-electron chi connectivity index (χ3n) is 4.12. The first-order valence-electron chi connectivity index (χ1n) is 6.87. The molecule has 96 valence electrons. The molecular formula is C14H29NO. The largest absolute Gasteiger partial charge is 0.379 e. The van der Waals surface area contributed by atoms with Crippen molar-refractivity contribution in [2.24, 2.45) is 5.92 Å². The number of rotatable bonds is 6. The Morgan fingerprint density at radius 2 is 1.94 bits per heavy atom. The molecule has 2 heteroatoms. The van der Waals surface area contributed by atoms with Crippen LogP contribution in [0, 0.1) is 5.92 Å². The van der Waals surface area contributed by atoms with Gasteiger partial charge in [-0.25, -0.2) is 0 Å². The van der Waals surface area contributed by atoms with E-state index in [2.05, 4.69) is 26.1 Å². The molecule has 1 fully saturated rings. The first-order valence-corrected chi connectivity index (χ1v) is 6.87. The van der Waals surface area contributed by atoms with Gasteiger partial charge in [0.1, 0.15) is 0 Å². The van der Waals surface area contributed by atoms with Gasteiger partial charge in [0.2, 0.25) is 0 Å². The molecule has 1 rings (SSSR count). The van der Waals surface area contributed by atoms with Gasteiger partial charge in [-0.2, -0.15) is 0 Å². The lowest BCUT2D eigenvalue weighted by Crippen LogP contribution is -2.40. The highest BCUT2D eigenvalue weighted by Crippen LogP contribution is 2.26. The summed E-state index contributed by atoms with van der Waals surface area (Å²) >= 11 is 0. The first kappa shape index (κ1) is 14.0. The Bertz CT molecular complexity index is 191. The van der Waals surface area contributed by atoms with Gasteiger partial charge in [-0.05, 0) is 45.6 Å². The van der Waals surface area contributed by atoms with Crippen LogP contribution in [0.25, 0.3) is 0 Å². The molecule has 1 aliphatic carbocycles. The summed E-state index contributed by atoms with van der Waals surface area (Å²) in [7, 11) is 1.80. The van der Waals surface area contributed by atoms with Crippen LogP contribution in [0.5, 0.6) is 0 Å². The molecule has 2 nitrogen and oxygen atoms in total. The van der Waals surface area contributed by atoms with Gasteiger partial charge in [0.25, 0.3) is 0 Å². The molecule has 1 saturated carbocycles. The van der Waals surface area contributed by atoms with E-state index >= 15 is 0 Å². The van der Waals surface area contributed by atoms with E-state index in [9.17, 15) is 0 Å². The highest BCUT2D eigenvalue weighted by molar-refractivity contribution is 4.81. The zero-order valence-corrected chi connectivity index (χ0v) is 11.5.